The molecule has 0 aliphatic rings. The molecule has 2 amide bonds. The van der Waals surface area contributed by atoms with Crippen molar-refractivity contribution in [3.05, 3.63) is 77.0 Å². The number of carbonyl (C=O) groups excluding carboxylic acids is 2. The zero-order valence-electron chi connectivity index (χ0n) is 15.4. The molecule has 3 N–H and O–H groups in total. The fraction of sp³-hybridized carbons (Fsp3) is 0.190. The van der Waals surface area contributed by atoms with Crippen LogP contribution in [0.2, 0.25) is 0 Å². The second kappa shape index (κ2) is 8.31. The van der Waals surface area contributed by atoms with Crippen molar-refractivity contribution in [2.75, 3.05) is 6.54 Å². The first-order valence-electron chi connectivity index (χ1n) is 8.73. The van der Waals surface area contributed by atoms with Gasteiger partial charge in [0.25, 0.3) is 5.91 Å². The van der Waals surface area contributed by atoms with Gasteiger partial charge in [-0.2, -0.15) is 5.10 Å². The molecule has 0 aliphatic carbocycles. The van der Waals surface area contributed by atoms with Crippen LogP contribution in [0.4, 0.5) is 0 Å². The maximum atomic E-state index is 12.2. The van der Waals surface area contributed by atoms with Gasteiger partial charge in [0, 0.05) is 18.3 Å². The van der Waals surface area contributed by atoms with E-state index in [0.29, 0.717) is 12.1 Å². The van der Waals surface area contributed by atoms with Gasteiger partial charge in [-0.25, -0.2) is 0 Å². The van der Waals surface area contributed by atoms with Crippen molar-refractivity contribution in [2.24, 2.45) is 0 Å². The molecule has 6 nitrogen and oxygen atoms in total. The molecule has 3 aromatic rings. The average molecular weight is 362 g/mol. The molecular formula is C21H22N4O2. The summed E-state index contributed by atoms with van der Waals surface area (Å²) in [5.41, 5.74) is 5.55. The Kier molecular flexibility index (Phi) is 5.66. The number of aryl methyl sites for hydroxylation is 2. The highest BCUT2D eigenvalue weighted by atomic mass is 16.2. The topological polar surface area (TPSA) is 86.9 Å². The minimum Gasteiger partial charge on any atom is -0.350 e. The lowest BCUT2D eigenvalue weighted by Gasteiger charge is -2.09. The monoisotopic (exact) mass is 362 g/mol. The molecule has 6 heteroatoms. The molecule has 0 aliphatic heterocycles. The van der Waals surface area contributed by atoms with Crippen molar-refractivity contribution in [1.29, 1.82) is 0 Å². The summed E-state index contributed by atoms with van der Waals surface area (Å²) >= 11 is 0. The summed E-state index contributed by atoms with van der Waals surface area (Å²) in [6, 6.07) is 15.3. The van der Waals surface area contributed by atoms with Crippen LogP contribution in [0.1, 0.15) is 27.0 Å². The van der Waals surface area contributed by atoms with Crippen LogP contribution in [-0.4, -0.2) is 28.6 Å². The first-order chi connectivity index (χ1) is 13.0. The summed E-state index contributed by atoms with van der Waals surface area (Å²) in [6.07, 6.45) is 1.70. The van der Waals surface area contributed by atoms with Crippen LogP contribution in [0, 0.1) is 13.8 Å². The van der Waals surface area contributed by atoms with E-state index in [0.717, 1.165) is 27.9 Å². The first kappa shape index (κ1) is 18.4. The Labute approximate surface area is 158 Å². The third kappa shape index (κ3) is 5.04. The van der Waals surface area contributed by atoms with E-state index in [1.165, 1.54) is 0 Å². The highest BCUT2D eigenvalue weighted by Gasteiger charge is 2.09. The lowest BCUT2D eigenvalue weighted by Crippen LogP contribution is -2.36. The van der Waals surface area contributed by atoms with Crippen molar-refractivity contribution < 1.29 is 9.59 Å². The van der Waals surface area contributed by atoms with E-state index in [1.807, 2.05) is 62.4 Å². The van der Waals surface area contributed by atoms with Crippen LogP contribution in [0.3, 0.4) is 0 Å². The normalized spacial score (nSPS) is 10.4. The van der Waals surface area contributed by atoms with Gasteiger partial charge >= 0.3 is 0 Å². The zero-order chi connectivity index (χ0) is 19.2. The van der Waals surface area contributed by atoms with E-state index in [1.54, 1.807) is 6.20 Å². The highest BCUT2D eigenvalue weighted by molar-refractivity contribution is 5.96. The standard InChI is InChI=1S/C21H22N4O2/c1-14-9-15(2)11-18(10-14)21(27)23-13-20(26)22-12-16-3-5-17(6-4-16)19-7-8-24-25-19/h3-11H,12-13H2,1-2H3,(H,22,26)(H,23,27)(H,24,25). The molecule has 0 bridgehead atoms. The number of nitrogens with zero attached hydrogens (tertiary/aromatic N) is 1. The number of benzene rings is 2. The molecular weight excluding hydrogens is 340 g/mol. The quantitative estimate of drug-likeness (QED) is 0.630. The molecule has 0 saturated carbocycles. The largest absolute Gasteiger partial charge is 0.350 e. The number of nitrogens with one attached hydrogen (secondary N) is 3. The van der Waals surface area contributed by atoms with Crippen LogP contribution < -0.4 is 10.6 Å². The smallest absolute Gasteiger partial charge is 0.251 e. The number of hydrogen-bond donors (Lipinski definition) is 3. The Morgan fingerprint density at radius 3 is 2.30 bits per heavy atom. The van der Waals surface area contributed by atoms with E-state index >= 15 is 0 Å². The lowest BCUT2D eigenvalue weighted by atomic mass is 10.1. The fourth-order valence-electron chi connectivity index (χ4n) is 2.85. The summed E-state index contributed by atoms with van der Waals surface area (Å²) in [5, 5.41) is 12.3. The average Bonchev–Trinajstić information content (AvgIpc) is 3.19. The number of rotatable bonds is 6. The second-order valence-corrected chi connectivity index (χ2v) is 6.50. The van der Waals surface area contributed by atoms with Gasteiger partial charge in [0.2, 0.25) is 5.91 Å². The van der Waals surface area contributed by atoms with Crippen molar-refractivity contribution >= 4 is 11.8 Å². The van der Waals surface area contributed by atoms with E-state index in [2.05, 4.69) is 20.8 Å². The third-order valence-corrected chi connectivity index (χ3v) is 4.15. The number of hydrogen-bond acceptors (Lipinski definition) is 3. The Morgan fingerprint density at radius 2 is 1.67 bits per heavy atom. The van der Waals surface area contributed by atoms with Gasteiger partial charge < -0.3 is 10.6 Å². The molecule has 1 aromatic heterocycles. The van der Waals surface area contributed by atoms with Gasteiger partial charge in [-0.15, -0.1) is 0 Å². The number of aromatic amines is 1. The van der Waals surface area contributed by atoms with Gasteiger partial charge in [-0.3, -0.25) is 14.7 Å². The molecule has 27 heavy (non-hydrogen) atoms. The summed E-state index contributed by atoms with van der Waals surface area (Å²) in [7, 11) is 0. The van der Waals surface area contributed by atoms with Crippen molar-refractivity contribution in [3.63, 3.8) is 0 Å². The molecule has 3 rings (SSSR count). The van der Waals surface area contributed by atoms with Gasteiger partial charge in [-0.1, -0.05) is 41.5 Å². The molecule has 0 fully saturated rings. The van der Waals surface area contributed by atoms with Crippen LogP contribution in [0.5, 0.6) is 0 Å². The van der Waals surface area contributed by atoms with E-state index in [-0.39, 0.29) is 18.4 Å². The van der Waals surface area contributed by atoms with E-state index in [9.17, 15) is 9.59 Å². The van der Waals surface area contributed by atoms with Crippen LogP contribution >= 0.6 is 0 Å². The molecule has 0 atom stereocenters. The maximum Gasteiger partial charge on any atom is 0.251 e. The maximum absolute atomic E-state index is 12.2. The fourth-order valence-corrected chi connectivity index (χ4v) is 2.85. The summed E-state index contributed by atoms with van der Waals surface area (Å²) in [6.45, 7) is 4.22. The van der Waals surface area contributed by atoms with Crippen LogP contribution in [-0.2, 0) is 11.3 Å². The Hall–Kier alpha value is -3.41. The molecule has 0 spiro atoms. The molecule has 0 radical (unpaired) electrons. The first-order valence-corrected chi connectivity index (χ1v) is 8.73. The van der Waals surface area contributed by atoms with Gasteiger partial charge in [0.1, 0.15) is 0 Å². The SMILES string of the molecule is Cc1cc(C)cc(C(=O)NCC(=O)NCc2ccc(-c3ccn[nH]3)cc2)c1. The molecule has 2 aromatic carbocycles. The van der Waals surface area contributed by atoms with Crippen molar-refractivity contribution in [3.8, 4) is 11.3 Å². The number of carbonyl (C=O) groups is 2. The second-order valence-electron chi connectivity index (χ2n) is 6.50. The molecule has 0 saturated heterocycles. The van der Waals surface area contributed by atoms with Crippen LogP contribution in [0.15, 0.2) is 54.7 Å². The number of aromatic nitrogens is 2. The Morgan fingerprint density at radius 1 is 0.963 bits per heavy atom. The molecule has 138 valence electrons. The van der Waals surface area contributed by atoms with Crippen molar-refractivity contribution in [1.82, 2.24) is 20.8 Å². The minimum atomic E-state index is -0.249. The van der Waals surface area contributed by atoms with Gasteiger partial charge in [0.15, 0.2) is 0 Å². The molecule has 0 unspecified atom stereocenters. The Bertz CT molecular complexity index is 911. The predicted molar refractivity (Wildman–Crippen MR) is 104 cm³/mol. The number of amides is 2. The van der Waals surface area contributed by atoms with E-state index < -0.39 is 0 Å². The minimum absolute atomic E-state index is 0.0575. The summed E-state index contributed by atoms with van der Waals surface area (Å²) in [5.74, 6) is -0.480. The summed E-state index contributed by atoms with van der Waals surface area (Å²) in [4.78, 5) is 24.2. The van der Waals surface area contributed by atoms with Crippen molar-refractivity contribution in [2.45, 2.75) is 20.4 Å². The zero-order valence-corrected chi connectivity index (χ0v) is 15.4. The Balaban J connectivity index is 1.47. The van der Waals surface area contributed by atoms with E-state index in [4.69, 9.17) is 0 Å². The van der Waals surface area contributed by atoms with Crippen LogP contribution in [0.25, 0.3) is 11.3 Å². The summed E-state index contributed by atoms with van der Waals surface area (Å²) < 4.78 is 0. The molecule has 1 heterocycles. The third-order valence-electron chi connectivity index (χ3n) is 4.15. The van der Waals surface area contributed by atoms with Gasteiger partial charge in [-0.05, 0) is 43.2 Å². The highest BCUT2D eigenvalue weighted by Crippen LogP contribution is 2.16. The lowest BCUT2D eigenvalue weighted by molar-refractivity contribution is -0.120. The van der Waals surface area contributed by atoms with Gasteiger partial charge in [0.05, 0.1) is 12.2 Å². The number of H-pyrrole nitrogens is 1. The predicted octanol–water partition coefficient (Wildman–Crippen LogP) is 2.74.